The predicted molar refractivity (Wildman–Crippen MR) is 56.1 cm³/mol. The number of nitrogens with two attached hydrogens (primary N) is 1. The van der Waals surface area contributed by atoms with Crippen LogP contribution in [0.2, 0.25) is 0 Å². The summed E-state index contributed by atoms with van der Waals surface area (Å²) in [5.41, 5.74) is 6.85. The molecule has 0 saturated heterocycles. The van der Waals surface area contributed by atoms with E-state index in [1.165, 1.54) is 12.1 Å². The van der Waals surface area contributed by atoms with Gasteiger partial charge in [-0.15, -0.1) is 0 Å². The molecular weight excluding hydrogens is 249 g/mol. The van der Waals surface area contributed by atoms with Crippen molar-refractivity contribution in [2.45, 2.75) is 0 Å². The van der Waals surface area contributed by atoms with E-state index in [1.807, 2.05) is 0 Å². The van der Waals surface area contributed by atoms with Crippen molar-refractivity contribution >= 4 is 21.7 Å². The summed E-state index contributed by atoms with van der Waals surface area (Å²) in [6, 6.07) is 6.25. The van der Waals surface area contributed by atoms with Crippen molar-refractivity contribution in [3.05, 3.63) is 34.6 Å². The van der Waals surface area contributed by atoms with Crippen LogP contribution < -0.4 is 5.73 Å². The van der Waals surface area contributed by atoms with Crippen LogP contribution in [0.4, 0.5) is 10.2 Å². The number of benzene rings is 1. The Balaban J connectivity index is 2.51. The molecule has 0 saturated carbocycles. The second-order valence-electron chi connectivity index (χ2n) is 2.86. The van der Waals surface area contributed by atoms with Gasteiger partial charge in [-0.2, -0.15) is 5.10 Å². The quantitative estimate of drug-likeness (QED) is 0.823. The van der Waals surface area contributed by atoms with Crippen molar-refractivity contribution in [1.82, 2.24) is 10.2 Å². The fourth-order valence-corrected chi connectivity index (χ4v) is 1.66. The Morgan fingerprint density at radius 1 is 1.29 bits per heavy atom. The number of H-pyrrole nitrogens is 1. The molecule has 2 rings (SSSR count). The normalized spacial score (nSPS) is 10.4. The van der Waals surface area contributed by atoms with E-state index in [0.29, 0.717) is 21.5 Å². The van der Waals surface area contributed by atoms with Gasteiger partial charge in [-0.25, -0.2) is 4.39 Å². The molecule has 5 heteroatoms. The molecule has 1 aromatic carbocycles. The number of aromatic amines is 1. The number of anilines is 1. The number of aromatic nitrogens is 2. The van der Waals surface area contributed by atoms with Gasteiger partial charge in [0.2, 0.25) is 0 Å². The summed E-state index contributed by atoms with van der Waals surface area (Å²) in [5, 5.41) is 6.48. The second-order valence-corrected chi connectivity index (χ2v) is 3.78. The molecule has 72 valence electrons. The molecule has 1 aromatic heterocycles. The standard InChI is InChI=1S/C9H7BrFN3/c10-6-1-5(2-7(11)3-6)8-4-9(12)14-13-8/h1-4H,(H3,12,13,14). The molecule has 1 heterocycles. The van der Waals surface area contributed by atoms with Gasteiger partial charge in [0.25, 0.3) is 0 Å². The minimum atomic E-state index is -0.303. The van der Waals surface area contributed by atoms with E-state index in [4.69, 9.17) is 5.73 Å². The van der Waals surface area contributed by atoms with Crippen LogP contribution >= 0.6 is 15.9 Å². The van der Waals surface area contributed by atoms with E-state index in [2.05, 4.69) is 26.1 Å². The lowest BCUT2D eigenvalue weighted by atomic mass is 10.1. The van der Waals surface area contributed by atoms with Crippen molar-refractivity contribution in [3.8, 4) is 11.3 Å². The Labute approximate surface area is 88.3 Å². The molecule has 14 heavy (non-hydrogen) atoms. The fraction of sp³-hybridized carbons (Fsp3) is 0. The number of nitrogen functional groups attached to an aromatic ring is 1. The SMILES string of the molecule is Nc1cc(-c2cc(F)cc(Br)c2)[nH]n1. The first-order valence-corrected chi connectivity index (χ1v) is 4.72. The number of rotatable bonds is 1. The largest absolute Gasteiger partial charge is 0.382 e. The third kappa shape index (κ3) is 1.77. The Bertz CT molecular complexity index is 447. The zero-order valence-corrected chi connectivity index (χ0v) is 8.68. The summed E-state index contributed by atoms with van der Waals surface area (Å²) in [5.74, 6) is 0.0860. The minimum absolute atomic E-state index is 0.303. The van der Waals surface area contributed by atoms with Crippen molar-refractivity contribution in [2.75, 3.05) is 5.73 Å². The van der Waals surface area contributed by atoms with Gasteiger partial charge >= 0.3 is 0 Å². The van der Waals surface area contributed by atoms with Gasteiger partial charge in [0.1, 0.15) is 11.6 Å². The van der Waals surface area contributed by atoms with Gasteiger partial charge in [0, 0.05) is 16.1 Å². The highest BCUT2D eigenvalue weighted by molar-refractivity contribution is 9.10. The summed E-state index contributed by atoms with van der Waals surface area (Å²) in [6.07, 6.45) is 0. The molecule has 0 fully saturated rings. The average molecular weight is 256 g/mol. The Morgan fingerprint density at radius 2 is 2.07 bits per heavy atom. The number of nitrogens with zero attached hydrogens (tertiary/aromatic N) is 1. The highest BCUT2D eigenvalue weighted by atomic mass is 79.9. The maximum Gasteiger partial charge on any atom is 0.145 e. The first kappa shape index (κ1) is 9.21. The first-order chi connectivity index (χ1) is 6.65. The van der Waals surface area contributed by atoms with E-state index >= 15 is 0 Å². The van der Waals surface area contributed by atoms with Crippen LogP contribution in [0.3, 0.4) is 0 Å². The van der Waals surface area contributed by atoms with E-state index in [9.17, 15) is 4.39 Å². The van der Waals surface area contributed by atoms with Gasteiger partial charge in [0.15, 0.2) is 0 Å². The maximum atomic E-state index is 13.0. The van der Waals surface area contributed by atoms with Crippen LogP contribution in [-0.4, -0.2) is 10.2 Å². The Morgan fingerprint density at radius 3 is 2.64 bits per heavy atom. The lowest BCUT2D eigenvalue weighted by Crippen LogP contribution is -1.81. The summed E-state index contributed by atoms with van der Waals surface area (Å²) < 4.78 is 13.7. The van der Waals surface area contributed by atoms with Crippen LogP contribution in [0, 0.1) is 5.82 Å². The van der Waals surface area contributed by atoms with E-state index in [0.717, 1.165) is 0 Å². The molecule has 0 amide bonds. The highest BCUT2D eigenvalue weighted by Crippen LogP contribution is 2.23. The van der Waals surface area contributed by atoms with Crippen LogP contribution in [0.5, 0.6) is 0 Å². The van der Waals surface area contributed by atoms with Crippen LogP contribution in [-0.2, 0) is 0 Å². The van der Waals surface area contributed by atoms with E-state index in [1.54, 1.807) is 12.1 Å². The summed E-state index contributed by atoms with van der Waals surface area (Å²) in [6.45, 7) is 0. The molecular formula is C9H7BrFN3. The van der Waals surface area contributed by atoms with E-state index in [-0.39, 0.29) is 5.82 Å². The molecule has 0 unspecified atom stereocenters. The second kappa shape index (κ2) is 3.42. The first-order valence-electron chi connectivity index (χ1n) is 3.92. The summed E-state index contributed by atoms with van der Waals surface area (Å²) >= 11 is 3.21. The van der Waals surface area contributed by atoms with Gasteiger partial charge in [-0.3, -0.25) is 5.10 Å². The van der Waals surface area contributed by atoms with Crippen molar-refractivity contribution < 1.29 is 4.39 Å². The van der Waals surface area contributed by atoms with Gasteiger partial charge < -0.3 is 5.73 Å². The summed E-state index contributed by atoms with van der Waals surface area (Å²) in [7, 11) is 0. The zero-order valence-electron chi connectivity index (χ0n) is 7.09. The van der Waals surface area contributed by atoms with Crippen LogP contribution in [0.25, 0.3) is 11.3 Å². The maximum absolute atomic E-state index is 13.0. The molecule has 0 radical (unpaired) electrons. The van der Waals surface area contributed by atoms with Crippen molar-refractivity contribution in [2.24, 2.45) is 0 Å². The molecule has 2 aromatic rings. The smallest absolute Gasteiger partial charge is 0.145 e. The number of halogens is 2. The average Bonchev–Trinajstić information content (AvgIpc) is 2.50. The number of hydrogen-bond donors (Lipinski definition) is 2. The number of nitrogens with one attached hydrogen (secondary N) is 1. The predicted octanol–water partition coefficient (Wildman–Crippen LogP) is 2.56. The molecule has 0 atom stereocenters. The van der Waals surface area contributed by atoms with Crippen molar-refractivity contribution in [1.29, 1.82) is 0 Å². The molecule has 0 aliphatic carbocycles. The van der Waals surface area contributed by atoms with Gasteiger partial charge in [-0.05, 0) is 18.2 Å². The number of hydrogen-bond acceptors (Lipinski definition) is 2. The topological polar surface area (TPSA) is 54.7 Å². The van der Waals surface area contributed by atoms with Crippen LogP contribution in [0.15, 0.2) is 28.7 Å². The minimum Gasteiger partial charge on any atom is -0.382 e. The Hall–Kier alpha value is -1.36. The third-order valence-corrected chi connectivity index (χ3v) is 2.23. The van der Waals surface area contributed by atoms with Crippen LogP contribution in [0.1, 0.15) is 0 Å². The lowest BCUT2D eigenvalue weighted by molar-refractivity contribution is 0.627. The fourth-order valence-electron chi connectivity index (χ4n) is 1.19. The molecule has 0 aliphatic heterocycles. The summed E-state index contributed by atoms with van der Waals surface area (Å²) in [4.78, 5) is 0. The zero-order chi connectivity index (χ0) is 10.1. The Kier molecular flexibility index (Phi) is 2.25. The lowest BCUT2D eigenvalue weighted by Gasteiger charge is -1.98. The highest BCUT2D eigenvalue weighted by Gasteiger charge is 2.04. The van der Waals surface area contributed by atoms with E-state index < -0.39 is 0 Å². The molecule has 0 spiro atoms. The van der Waals surface area contributed by atoms with Gasteiger partial charge in [-0.1, -0.05) is 15.9 Å². The monoisotopic (exact) mass is 255 g/mol. The molecule has 0 aliphatic rings. The molecule has 0 bridgehead atoms. The van der Waals surface area contributed by atoms with Crippen molar-refractivity contribution in [3.63, 3.8) is 0 Å². The molecule has 3 N–H and O–H groups in total. The third-order valence-electron chi connectivity index (χ3n) is 1.77. The van der Waals surface area contributed by atoms with Gasteiger partial charge in [0.05, 0.1) is 5.69 Å². The molecule has 3 nitrogen and oxygen atoms in total.